The first-order valence-electron chi connectivity index (χ1n) is 13.0. The van der Waals surface area contributed by atoms with E-state index in [1.165, 1.54) is 0 Å². The molecule has 0 aliphatic rings. The molecule has 0 bridgehead atoms. The van der Waals surface area contributed by atoms with Gasteiger partial charge in [0.1, 0.15) is 13.2 Å². The number of carbonyl (C=O) groups excluding carboxylic acids is 1. The van der Waals surface area contributed by atoms with E-state index in [2.05, 4.69) is 26.5 Å². The molecular weight excluding hydrogens is 572 g/mol. The van der Waals surface area contributed by atoms with Gasteiger partial charge in [0.15, 0.2) is 23.0 Å². The van der Waals surface area contributed by atoms with Crippen LogP contribution in [0.1, 0.15) is 40.9 Å². The summed E-state index contributed by atoms with van der Waals surface area (Å²) in [5, 5.41) is 4.09. The Morgan fingerprint density at radius 3 is 2.15 bits per heavy atom. The number of hydrazone groups is 1. The van der Waals surface area contributed by atoms with Gasteiger partial charge in [-0.1, -0.05) is 54.6 Å². The third-order valence-electron chi connectivity index (χ3n) is 5.68. The third kappa shape index (κ3) is 8.10. The van der Waals surface area contributed by atoms with E-state index in [1.807, 2.05) is 80.6 Å². The Labute approximate surface area is 242 Å². The number of halogens is 1. The van der Waals surface area contributed by atoms with Crippen LogP contribution in [0.25, 0.3) is 0 Å². The van der Waals surface area contributed by atoms with Crippen molar-refractivity contribution in [3.8, 4) is 23.0 Å². The number of nitrogens with one attached hydrogen (secondary N) is 1. The van der Waals surface area contributed by atoms with Gasteiger partial charge in [0.2, 0.25) is 0 Å². The highest BCUT2D eigenvalue weighted by Crippen LogP contribution is 2.38. The highest BCUT2D eigenvalue weighted by atomic mass is 79.9. The lowest BCUT2D eigenvalue weighted by atomic mass is 10.2. The number of rotatable bonds is 13. The molecule has 40 heavy (non-hydrogen) atoms. The number of amides is 1. The predicted molar refractivity (Wildman–Crippen MR) is 160 cm³/mol. The van der Waals surface area contributed by atoms with Gasteiger partial charge in [-0.15, -0.1) is 0 Å². The Morgan fingerprint density at radius 2 is 1.43 bits per heavy atom. The number of hydrogen-bond acceptors (Lipinski definition) is 6. The van der Waals surface area contributed by atoms with Crippen molar-refractivity contribution >= 4 is 28.1 Å². The molecule has 8 heteroatoms. The molecular formula is C32H31BrN2O5. The Bertz CT molecular complexity index is 1430. The smallest absolute Gasteiger partial charge is 0.271 e. The van der Waals surface area contributed by atoms with Crippen LogP contribution in [0.5, 0.6) is 23.0 Å². The van der Waals surface area contributed by atoms with Gasteiger partial charge in [0.25, 0.3) is 5.91 Å². The molecule has 0 fully saturated rings. The second-order valence-electron chi connectivity index (χ2n) is 8.61. The van der Waals surface area contributed by atoms with Crippen molar-refractivity contribution in [1.29, 1.82) is 0 Å². The number of carbonyl (C=O) groups is 1. The summed E-state index contributed by atoms with van der Waals surface area (Å²) in [6, 6.07) is 28.3. The zero-order chi connectivity index (χ0) is 28.2. The molecule has 7 nitrogen and oxygen atoms in total. The molecule has 0 aromatic heterocycles. The fraction of sp³-hybridized carbons (Fsp3) is 0.188. The van der Waals surface area contributed by atoms with Crippen LogP contribution in [0, 0.1) is 0 Å². The summed E-state index contributed by atoms with van der Waals surface area (Å²) in [4.78, 5) is 12.2. The van der Waals surface area contributed by atoms with Crippen LogP contribution < -0.4 is 24.4 Å². The standard InChI is InChI=1S/C32H31BrN2O5/c1-3-37-29-18-24(15-16-28(29)39-21-23-11-7-5-8-12-23)22-40-31-27(33)17-25(19-30(31)38-4-2)20-34-35-32(36)26-13-9-6-10-14-26/h5-20H,3-4,21-22H2,1-2H3,(H,35,36)/b34-20+. The first-order valence-corrected chi connectivity index (χ1v) is 13.8. The van der Waals surface area contributed by atoms with Crippen molar-refractivity contribution in [2.75, 3.05) is 13.2 Å². The predicted octanol–water partition coefficient (Wildman–Crippen LogP) is 7.17. The lowest BCUT2D eigenvalue weighted by Gasteiger charge is -2.16. The zero-order valence-electron chi connectivity index (χ0n) is 22.4. The maximum Gasteiger partial charge on any atom is 0.271 e. The molecule has 4 aromatic carbocycles. The summed E-state index contributed by atoms with van der Waals surface area (Å²) < 4.78 is 24.6. The Morgan fingerprint density at radius 1 is 0.750 bits per heavy atom. The molecule has 0 aliphatic heterocycles. The summed E-state index contributed by atoms with van der Waals surface area (Å²) in [6.45, 7) is 5.55. The number of ether oxygens (including phenoxy) is 4. The van der Waals surface area contributed by atoms with Gasteiger partial charge in [0, 0.05) is 5.56 Å². The Balaban J connectivity index is 1.44. The van der Waals surface area contributed by atoms with Gasteiger partial charge in [-0.25, -0.2) is 5.43 Å². The van der Waals surface area contributed by atoms with Crippen LogP contribution in [-0.2, 0) is 13.2 Å². The van der Waals surface area contributed by atoms with E-state index in [-0.39, 0.29) is 12.5 Å². The zero-order valence-corrected chi connectivity index (χ0v) is 24.0. The summed E-state index contributed by atoms with van der Waals surface area (Å²) >= 11 is 3.59. The molecule has 4 rings (SSSR count). The maximum absolute atomic E-state index is 12.2. The minimum Gasteiger partial charge on any atom is -0.490 e. The van der Waals surface area contributed by atoms with Crippen LogP contribution in [0.4, 0.5) is 0 Å². The summed E-state index contributed by atoms with van der Waals surface area (Å²) in [5.74, 6) is 2.17. The van der Waals surface area contributed by atoms with Gasteiger partial charge in [-0.05, 0) is 82.9 Å². The van der Waals surface area contributed by atoms with Gasteiger partial charge in [-0.3, -0.25) is 4.79 Å². The molecule has 0 saturated carbocycles. The molecule has 0 unspecified atom stereocenters. The van der Waals surface area contributed by atoms with Crippen LogP contribution in [0.2, 0.25) is 0 Å². The minimum absolute atomic E-state index is 0.288. The van der Waals surface area contributed by atoms with Crippen molar-refractivity contribution in [3.05, 3.63) is 118 Å². The van der Waals surface area contributed by atoms with E-state index < -0.39 is 0 Å². The normalized spacial score (nSPS) is 10.8. The van der Waals surface area contributed by atoms with Gasteiger partial charge < -0.3 is 18.9 Å². The minimum atomic E-state index is -0.288. The molecule has 1 amide bonds. The number of benzene rings is 4. The second-order valence-corrected chi connectivity index (χ2v) is 9.46. The van der Waals surface area contributed by atoms with Crippen molar-refractivity contribution in [2.24, 2.45) is 5.10 Å². The number of nitrogens with zero attached hydrogens (tertiary/aromatic N) is 1. The largest absolute Gasteiger partial charge is 0.490 e. The van der Waals surface area contributed by atoms with Crippen molar-refractivity contribution in [3.63, 3.8) is 0 Å². The maximum atomic E-state index is 12.2. The van der Waals surface area contributed by atoms with E-state index in [4.69, 9.17) is 18.9 Å². The van der Waals surface area contributed by atoms with Crippen LogP contribution >= 0.6 is 15.9 Å². The average molecular weight is 604 g/mol. The highest BCUT2D eigenvalue weighted by molar-refractivity contribution is 9.10. The van der Waals surface area contributed by atoms with Gasteiger partial charge in [0.05, 0.1) is 23.9 Å². The lowest BCUT2D eigenvalue weighted by Crippen LogP contribution is -2.17. The average Bonchev–Trinajstić information content (AvgIpc) is 2.97. The van der Waals surface area contributed by atoms with Gasteiger partial charge >= 0.3 is 0 Å². The molecule has 0 atom stereocenters. The molecule has 1 N–H and O–H groups in total. The molecule has 0 radical (unpaired) electrons. The first kappa shape index (κ1) is 28.7. The Hall–Kier alpha value is -4.30. The molecule has 0 aliphatic carbocycles. The molecule has 206 valence electrons. The quantitative estimate of drug-likeness (QED) is 0.130. The lowest BCUT2D eigenvalue weighted by molar-refractivity contribution is 0.0955. The summed E-state index contributed by atoms with van der Waals surface area (Å²) in [5.41, 5.74) is 5.80. The van der Waals surface area contributed by atoms with Gasteiger partial charge in [-0.2, -0.15) is 5.10 Å². The first-order chi connectivity index (χ1) is 19.6. The fourth-order valence-electron chi connectivity index (χ4n) is 3.81. The Kier molecular flexibility index (Phi) is 10.6. The summed E-state index contributed by atoms with van der Waals surface area (Å²) in [6.07, 6.45) is 1.56. The van der Waals surface area contributed by atoms with E-state index in [0.717, 1.165) is 16.7 Å². The SMILES string of the molecule is CCOc1cc(COc2c(Br)cc(/C=N/NC(=O)c3ccccc3)cc2OCC)ccc1OCc1ccccc1. The summed E-state index contributed by atoms with van der Waals surface area (Å²) in [7, 11) is 0. The van der Waals surface area contributed by atoms with Crippen molar-refractivity contribution in [1.82, 2.24) is 5.43 Å². The third-order valence-corrected chi connectivity index (χ3v) is 6.26. The van der Waals surface area contributed by atoms with Crippen molar-refractivity contribution in [2.45, 2.75) is 27.1 Å². The molecule has 0 spiro atoms. The van der Waals surface area contributed by atoms with E-state index in [1.54, 1.807) is 30.5 Å². The van der Waals surface area contributed by atoms with Crippen molar-refractivity contribution < 1.29 is 23.7 Å². The monoisotopic (exact) mass is 602 g/mol. The molecule has 0 saturated heterocycles. The molecule has 0 heterocycles. The highest BCUT2D eigenvalue weighted by Gasteiger charge is 2.14. The topological polar surface area (TPSA) is 78.4 Å². The molecule has 4 aromatic rings. The fourth-order valence-corrected chi connectivity index (χ4v) is 4.38. The van der Waals surface area contributed by atoms with E-state index >= 15 is 0 Å². The number of hydrogen-bond donors (Lipinski definition) is 1. The second kappa shape index (κ2) is 14.7. The van der Waals surface area contributed by atoms with Crippen LogP contribution in [-0.4, -0.2) is 25.3 Å². The van der Waals surface area contributed by atoms with E-state index in [9.17, 15) is 4.79 Å². The van der Waals surface area contributed by atoms with Crippen LogP contribution in [0.3, 0.4) is 0 Å². The van der Waals surface area contributed by atoms with Crippen LogP contribution in [0.15, 0.2) is 101 Å². The van der Waals surface area contributed by atoms with E-state index in [0.29, 0.717) is 52.9 Å².